The van der Waals surface area contributed by atoms with E-state index in [1.165, 1.54) is 5.56 Å². The van der Waals surface area contributed by atoms with E-state index in [0.29, 0.717) is 17.6 Å². The summed E-state index contributed by atoms with van der Waals surface area (Å²) in [6, 6.07) is 12.5. The number of aryl methyl sites for hydroxylation is 2. The number of nitrogens with zero attached hydrogens (tertiary/aromatic N) is 4. The molecule has 0 saturated carbocycles. The molecule has 5 nitrogen and oxygen atoms in total. The second-order valence-corrected chi connectivity index (χ2v) is 7.10. The maximum Gasteiger partial charge on any atom is 0.258 e. The van der Waals surface area contributed by atoms with Crippen LogP contribution in [0.5, 0.6) is 0 Å². The number of hydrogen-bond donors (Lipinski definition) is 0. The molecule has 1 unspecified atom stereocenters. The molecule has 2 aromatic carbocycles. The van der Waals surface area contributed by atoms with Crippen LogP contribution < -0.4 is 0 Å². The molecule has 132 valence electrons. The van der Waals surface area contributed by atoms with Crippen LogP contribution in [-0.2, 0) is 6.42 Å². The van der Waals surface area contributed by atoms with Crippen LogP contribution in [0.4, 0.5) is 5.69 Å². The van der Waals surface area contributed by atoms with Crippen LogP contribution in [0.2, 0.25) is 0 Å². The van der Waals surface area contributed by atoms with Gasteiger partial charge < -0.3 is 4.52 Å². The summed E-state index contributed by atoms with van der Waals surface area (Å²) in [7, 11) is 0. The number of hydrogen-bond acceptors (Lipinski definition) is 5. The summed E-state index contributed by atoms with van der Waals surface area (Å²) >= 11 is 0. The molecule has 0 saturated heterocycles. The summed E-state index contributed by atoms with van der Waals surface area (Å²) in [5, 5.41) is 12.9. The van der Waals surface area contributed by atoms with E-state index in [0.717, 1.165) is 34.4 Å². The van der Waals surface area contributed by atoms with Crippen LogP contribution in [0.15, 0.2) is 51.1 Å². The van der Waals surface area contributed by atoms with Crippen LogP contribution in [0.3, 0.4) is 0 Å². The average molecular weight is 346 g/mol. The third-order valence-corrected chi connectivity index (χ3v) is 4.88. The third kappa shape index (κ3) is 2.83. The largest absolute Gasteiger partial charge is 0.334 e. The fourth-order valence-electron chi connectivity index (χ4n) is 3.34. The van der Waals surface area contributed by atoms with Crippen molar-refractivity contribution in [2.45, 2.75) is 40.2 Å². The second-order valence-electron chi connectivity index (χ2n) is 7.10. The highest BCUT2D eigenvalue weighted by molar-refractivity contribution is 5.67. The molecule has 0 amide bonds. The van der Waals surface area contributed by atoms with Crippen molar-refractivity contribution < 1.29 is 4.52 Å². The van der Waals surface area contributed by atoms with Gasteiger partial charge in [0.05, 0.1) is 5.69 Å². The van der Waals surface area contributed by atoms with Crippen LogP contribution in [0, 0.1) is 12.8 Å². The van der Waals surface area contributed by atoms with E-state index in [9.17, 15) is 0 Å². The summed E-state index contributed by atoms with van der Waals surface area (Å²) in [4.78, 5) is 4.60. The van der Waals surface area contributed by atoms with E-state index < -0.39 is 0 Å². The van der Waals surface area contributed by atoms with Crippen LogP contribution >= 0.6 is 0 Å². The van der Waals surface area contributed by atoms with Crippen LogP contribution in [0.1, 0.15) is 43.5 Å². The highest BCUT2D eigenvalue weighted by atomic mass is 16.5. The van der Waals surface area contributed by atoms with Gasteiger partial charge in [-0.3, -0.25) is 0 Å². The minimum Gasteiger partial charge on any atom is -0.334 e. The molecule has 0 fully saturated rings. The van der Waals surface area contributed by atoms with E-state index in [-0.39, 0.29) is 6.04 Å². The first kappa shape index (κ1) is 16.6. The van der Waals surface area contributed by atoms with Gasteiger partial charge in [0.1, 0.15) is 6.04 Å². The first-order chi connectivity index (χ1) is 12.6. The number of azo groups is 1. The van der Waals surface area contributed by atoms with E-state index in [4.69, 9.17) is 4.52 Å². The molecule has 1 atom stereocenters. The minimum atomic E-state index is 0.136. The van der Waals surface area contributed by atoms with Gasteiger partial charge >= 0.3 is 0 Å². The number of rotatable bonds is 4. The Hall–Kier alpha value is -2.82. The summed E-state index contributed by atoms with van der Waals surface area (Å²) in [5.41, 5.74) is 6.38. The first-order valence-corrected chi connectivity index (χ1v) is 9.05. The molecule has 0 aliphatic carbocycles. The van der Waals surface area contributed by atoms with E-state index >= 15 is 0 Å². The SMILES string of the molecule is CCc1ccc(-c2noc(-c3ccc4c(c3)N=NC4C(C)C)n2)c(C)c1. The Morgan fingerprint density at radius 2 is 1.96 bits per heavy atom. The Balaban J connectivity index is 1.66. The van der Waals surface area contributed by atoms with Gasteiger partial charge in [-0.15, -0.1) is 0 Å². The van der Waals surface area contributed by atoms with Gasteiger partial charge in [-0.2, -0.15) is 15.2 Å². The Bertz CT molecular complexity index is 987. The maximum absolute atomic E-state index is 5.52. The molecule has 3 aromatic rings. The monoisotopic (exact) mass is 346 g/mol. The Labute approximate surface area is 153 Å². The predicted molar refractivity (Wildman–Crippen MR) is 101 cm³/mol. The van der Waals surface area contributed by atoms with Gasteiger partial charge in [0.15, 0.2) is 0 Å². The topological polar surface area (TPSA) is 63.6 Å². The smallest absolute Gasteiger partial charge is 0.258 e. The average Bonchev–Trinajstić information content (AvgIpc) is 3.28. The van der Waals surface area contributed by atoms with Crippen molar-refractivity contribution >= 4 is 5.69 Å². The molecule has 5 heteroatoms. The highest BCUT2D eigenvalue weighted by Crippen LogP contribution is 2.41. The lowest BCUT2D eigenvalue weighted by Gasteiger charge is -2.11. The Kier molecular flexibility index (Phi) is 4.15. The number of fused-ring (bicyclic) bond motifs is 1. The Morgan fingerprint density at radius 3 is 2.69 bits per heavy atom. The third-order valence-electron chi connectivity index (χ3n) is 4.88. The van der Waals surface area contributed by atoms with Gasteiger partial charge in [-0.25, -0.2) is 0 Å². The van der Waals surface area contributed by atoms with Crippen LogP contribution in [0.25, 0.3) is 22.8 Å². The molecule has 2 heterocycles. The van der Waals surface area contributed by atoms with Crippen molar-refractivity contribution in [2.24, 2.45) is 16.1 Å². The van der Waals surface area contributed by atoms with E-state index in [1.807, 2.05) is 12.1 Å². The molecule has 0 N–H and O–H groups in total. The van der Waals surface area contributed by atoms with Gasteiger partial charge in [0.25, 0.3) is 5.89 Å². The molecule has 26 heavy (non-hydrogen) atoms. The second kappa shape index (κ2) is 6.48. The lowest BCUT2D eigenvalue weighted by atomic mass is 9.95. The fourth-order valence-corrected chi connectivity index (χ4v) is 3.34. The van der Waals surface area contributed by atoms with Crippen molar-refractivity contribution in [3.63, 3.8) is 0 Å². The maximum atomic E-state index is 5.52. The fraction of sp³-hybridized carbons (Fsp3) is 0.333. The van der Waals surface area contributed by atoms with Crippen molar-refractivity contribution in [3.8, 4) is 22.8 Å². The lowest BCUT2D eigenvalue weighted by Crippen LogP contribution is -2.00. The molecule has 0 radical (unpaired) electrons. The van der Waals surface area contributed by atoms with E-state index in [1.54, 1.807) is 0 Å². The van der Waals surface area contributed by atoms with E-state index in [2.05, 4.69) is 72.3 Å². The molecule has 0 spiro atoms. The predicted octanol–water partition coefficient (Wildman–Crippen LogP) is 6.07. The van der Waals surface area contributed by atoms with Crippen molar-refractivity contribution in [3.05, 3.63) is 53.1 Å². The molecule has 0 bridgehead atoms. The quantitative estimate of drug-likeness (QED) is 0.576. The normalized spacial score (nSPS) is 15.7. The van der Waals surface area contributed by atoms with Gasteiger partial charge in [0, 0.05) is 16.7 Å². The van der Waals surface area contributed by atoms with Gasteiger partial charge in [-0.05, 0) is 42.5 Å². The minimum absolute atomic E-state index is 0.136. The van der Waals surface area contributed by atoms with Crippen LogP contribution in [-0.4, -0.2) is 10.1 Å². The number of aromatic nitrogens is 2. The van der Waals surface area contributed by atoms with Gasteiger partial charge in [-0.1, -0.05) is 50.2 Å². The lowest BCUT2D eigenvalue weighted by molar-refractivity contribution is 0.432. The molecular formula is C21H22N4O. The molecule has 4 rings (SSSR count). The van der Waals surface area contributed by atoms with Crippen molar-refractivity contribution in [2.75, 3.05) is 0 Å². The highest BCUT2D eigenvalue weighted by Gasteiger charge is 2.24. The molecule has 1 aliphatic rings. The molecule has 1 aromatic heterocycles. The zero-order valence-corrected chi connectivity index (χ0v) is 15.5. The zero-order valence-electron chi connectivity index (χ0n) is 15.5. The summed E-state index contributed by atoms with van der Waals surface area (Å²) in [6.45, 7) is 8.54. The standard InChI is InChI=1S/C21H22N4O/c1-5-14-6-8-16(13(4)10-14)20-22-21(26-25-20)15-7-9-17-18(11-15)23-24-19(17)12(2)3/h6-12,19H,5H2,1-4H3. The molecular weight excluding hydrogens is 324 g/mol. The number of benzene rings is 2. The summed E-state index contributed by atoms with van der Waals surface area (Å²) in [5.74, 6) is 1.54. The van der Waals surface area contributed by atoms with Gasteiger partial charge in [0.2, 0.25) is 5.82 Å². The summed E-state index contributed by atoms with van der Waals surface area (Å²) < 4.78 is 5.52. The zero-order chi connectivity index (χ0) is 18.3. The first-order valence-electron chi connectivity index (χ1n) is 9.05. The van der Waals surface area contributed by atoms with Crippen molar-refractivity contribution in [1.82, 2.24) is 10.1 Å². The summed E-state index contributed by atoms with van der Waals surface area (Å²) in [6.07, 6.45) is 1.01. The molecule has 1 aliphatic heterocycles. The van der Waals surface area contributed by atoms with Crippen molar-refractivity contribution in [1.29, 1.82) is 0 Å². The Morgan fingerprint density at radius 1 is 1.12 bits per heavy atom.